The van der Waals surface area contributed by atoms with E-state index in [1.165, 1.54) is 11.3 Å². The molecular formula is C14H22N6O2S. The Morgan fingerprint density at radius 3 is 3.00 bits per heavy atom. The Bertz CT molecular complexity index is 586. The number of imidazole rings is 1. The highest BCUT2D eigenvalue weighted by atomic mass is 32.1. The molecule has 0 aliphatic heterocycles. The average molecular weight is 338 g/mol. The average Bonchev–Trinajstić information content (AvgIpc) is 3.19. The summed E-state index contributed by atoms with van der Waals surface area (Å²) < 4.78 is 7.21. The zero-order valence-corrected chi connectivity index (χ0v) is 14.2. The Kier molecular flexibility index (Phi) is 6.95. The quantitative estimate of drug-likeness (QED) is 0.681. The van der Waals surface area contributed by atoms with Gasteiger partial charge in [-0.3, -0.25) is 5.32 Å². The highest BCUT2D eigenvalue weighted by molar-refractivity contribution is 7.15. The minimum atomic E-state index is -0.274. The summed E-state index contributed by atoms with van der Waals surface area (Å²) in [6.07, 6.45) is 6.85. The normalized spacial score (nSPS) is 12.1. The van der Waals surface area contributed by atoms with Gasteiger partial charge in [-0.15, -0.1) is 10.2 Å². The van der Waals surface area contributed by atoms with E-state index in [0.717, 1.165) is 11.4 Å². The van der Waals surface area contributed by atoms with Gasteiger partial charge in [-0.05, 0) is 13.3 Å². The third-order valence-electron chi connectivity index (χ3n) is 3.17. The Morgan fingerprint density at radius 2 is 2.30 bits per heavy atom. The van der Waals surface area contributed by atoms with Crippen LogP contribution in [0.4, 0.5) is 9.93 Å². The summed E-state index contributed by atoms with van der Waals surface area (Å²) in [5.41, 5.74) is 0. The number of carbonyl (C=O) groups excluding carboxylic acids is 1. The molecule has 0 aliphatic carbocycles. The van der Waals surface area contributed by atoms with Crippen molar-refractivity contribution in [3.8, 4) is 0 Å². The molecule has 0 aliphatic rings. The third kappa shape index (κ3) is 5.95. The van der Waals surface area contributed by atoms with Crippen LogP contribution in [-0.2, 0) is 17.7 Å². The summed E-state index contributed by atoms with van der Waals surface area (Å²) in [6, 6.07) is -0.251. The van der Waals surface area contributed by atoms with Crippen LogP contribution in [0.5, 0.6) is 0 Å². The summed E-state index contributed by atoms with van der Waals surface area (Å²) >= 11 is 1.36. The number of rotatable bonds is 9. The molecule has 2 N–H and O–H groups in total. The van der Waals surface area contributed by atoms with Crippen LogP contribution < -0.4 is 10.6 Å². The van der Waals surface area contributed by atoms with E-state index in [1.54, 1.807) is 12.5 Å². The van der Waals surface area contributed by atoms with Gasteiger partial charge in [0.2, 0.25) is 5.13 Å². The lowest BCUT2D eigenvalue weighted by molar-refractivity contribution is 0.150. The molecular weight excluding hydrogens is 316 g/mol. The highest BCUT2D eigenvalue weighted by Crippen LogP contribution is 2.15. The smallest absolute Gasteiger partial charge is 0.321 e. The third-order valence-corrected chi connectivity index (χ3v) is 4.07. The van der Waals surface area contributed by atoms with Crippen LogP contribution in [0.25, 0.3) is 0 Å². The monoisotopic (exact) mass is 338 g/mol. The van der Waals surface area contributed by atoms with Gasteiger partial charge in [-0.25, -0.2) is 9.78 Å². The van der Waals surface area contributed by atoms with Gasteiger partial charge in [0.1, 0.15) is 5.01 Å². The summed E-state index contributed by atoms with van der Waals surface area (Å²) in [6.45, 7) is 5.95. The van der Waals surface area contributed by atoms with Crippen molar-refractivity contribution >= 4 is 22.5 Å². The number of anilines is 1. The predicted octanol–water partition coefficient (Wildman–Crippen LogP) is 1.91. The highest BCUT2D eigenvalue weighted by Gasteiger charge is 2.13. The molecule has 2 rings (SSSR count). The molecule has 2 heterocycles. The number of nitrogens with one attached hydrogen (secondary N) is 2. The van der Waals surface area contributed by atoms with Crippen molar-refractivity contribution in [3.05, 3.63) is 23.7 Å². The lowest BCUT2D eigenvalue weighted by Crippen LogP contribution is -2.40. The molecule has 126 valence electrons. The SMILES string of the molecule is CCOCCc1nnc(NC(=O)NC(CC)Cn2ccnc2)s1. The first-order valence-corrected chi connectivity index (χ1v) is 8.46. The van der Waals surface area contributed by atoms with Gasteiger partial charge >= 0.3 is 6.03 Å². The zero-order chi connectivity index (χ0) is 16.5. The van der Waals surface area contributed by atoms with E-state index >= 15 is 0 Å². The van der Waals surface area contributed by atoms with Crippen LogP contribution >= 0.6 is 11.3 Å². The first-order valence-electron chi connectivity index (χ1n) is 7.64. The van der Waals surface area contributed by atoms with E-state index in [-0.39, 0.29) is 12.1 Å². The van der Waals surface area contributed by atoms with Crippen molar-refractivity contribution in [2.24, 2.45) is 0 Å². The fourth-order valence-corrected chi connectivity index (χ4v) is 2.67. The Labute approximate surface area is 139 Å². The van der Waals surface area contributed by atoms with Gasteiger partial charge in [0.05, 0.1) is 12.9 Å². The molecule has 8 nitrogen and oxygen atoms in total. The molecule has 2 amide bonds. The molecule has 0 saturated carbocycles. The van der Waals surface area contributed by atoms with E-state index < -0.39 is 0 Å². The topological polar surface area (TPSA) is 94.0 Å². The number of ether oxygens (including phenoxy) is 1. The van der Waals surface area contributed by atoms with E-state index in [4.69, 9.17) is 4.74 Å². The van der Waals surface area contributed by atoms with E-state index in [9.17, 15) is 4.79 Å². The largest absolute Gasteiger partial charge is 0.381 e. The van der Waals surface area contributed by atoms with Crippen molar-refractivity contribution < 1.29 is 9.53 Å². The first kappa shape index (κ1) is 17.4. The molecule has 0 fully saturated rings. The van der Waals surface area contributed by atoms with Crippen molar-refractivity contribution in [2.45, 2.75) is 39.3 Å². The van der Waals surface area contributed by atoms with Crippen molar-refractivity contribution in [1.82, 2.24) is 25.1 Å². The Hall–Kier alpha value is -2.00. The summed E-state index contributed by atoms with van der Waals surface area (Å²) in [4.78, 5) is 16.0. The molecule has 1 atom stereocenters. The molecule has 0 radical (unpaired) electrons. The Balaban J connectivity index is 1.79. The summed E-state index contributed by atoms with van der Waals surface area (Å²) in [5, 5.41) is 15.0. The van der Waals surface area contributed by atoms with Gasteiger partial charge in [0.15, 0.2) is 0 Å². The molecule has 0 bridgehead atoms. The number of hydrogen-bond donors (Lipinski definition) is 2. The summed E-state index contributed by atoms with van der Waals surface area (Å²) in [5.74, 6) is 0. The zero-order valence-electron chi connectivity index (χ0n) is 13.4. The first-order chi connectivity index (χ1) is 11.2. The molecule has 2 aromatic heterocycles. The second-order valence-corrected chi connectivity index (χ2v) is 5.97. The lowest BCUT2D eigenvalue weighted by atomic mass is 10.2. The number of nitrogens with zero attached hydrogens (tertiary/aromatic N) is 4. The van der Waals surface area contributed by atoms with E-state index in [0.29, 0.717) is 31.3 Å². The van der Waals surface area contributed by atoms with Crippen LogP contribution in [0.2, 0.25) is 0 Å². The Morgan fingerprint density at radius 1 is 1.43 bits per heavy atom. The maximum absolute atomic E-state index is 12.0. The van der Waals surface area contributed by atoms with Crippen LogP contribution in [-0.4, -0.2) is 45.0 Å². The fraction of sp³-hybridized carbons (Fsp3) is 0.571. The predicted molar refractivity (Wildman–Crippen MR) is 88.6 cm³/mol. The van der Waals surface area contributed by atoms with Crippen LogP contribution in [0, 0.1) is 0 Å². The number of carbonyl (C=O) groups is 1. The second kappa shape index (κ2) is 9.21. The van der Waals surface area contributed by atoms with Crippen molar-refractivity contribution in [3.63, 3.8) is 0 Å². The minimum absolute atomic E-state index is 0.0227. The molecule has 2 aromatic rings. The van der Waals surface area contributed by atoms with Crippen LogP contribution in [0.1, 0.15) is 25.3 Å². The molecule has 23 heavy (non-hydrogen) atoms. The standard InChI is InChI=1S/C14H22N6O2S/c1-3-11(9-20-7-6-15-10-20)16-13(21)17-14-19-18-12(23-14)5-8-22-4-2/h6-7,10-11H,3-5,8-9H2,1-2H3,(H2,16,17,19,21). The van der Waals surface area contributed by atoms with Gasteiger partial charge < -0.3 is 14.6 Å². The van der Waals surface area contributed by atoms with Crippen molar-refractivity contribution in [2.75, 3.05) is 18.5 Å². The van der Waals surface area contributed by atoms with Gasteiger partial charge in [-0.1, -0.05) is 18.3 Å². The minimum Gasteiger partial charge on any atom is -0.381 e. The number of hydrogen-bond acceptors (Lipinski definition) is 6. The fourth-order valence-electron chi connectivity index (χ4n) is 1.95. The number of amides is 2. The molecule has 9 heteroatoms. The van der Waals surface area contributed by atoms with Crippen LogP contribution in [0.15, 0.2) is 18.7 Å². The van der Waals surface area contributed by atoms with Gasteiger partial charge in [-0.2, -0.15) is 0 Å². The molecule has 0 saturated heterocycles. The van der Waals surface area contributed by atoms with Crippen molar-refractivity contribution in [1.29, 1.82) is 0 Å². The van der Waals surface area contributed by atoms with Gasteiger partial charge in [0, 0.05) is 38.0 Å². The maximum atomic E-state index is 12.0. The summed E-state index contributed by atoms with van der Waals surface area (Å²) in [7, 11) is 0. The van der Waals surface area contributed by atoms with Crippen LogP contribution in [0.3, 0.4) is 0 Å². The second-order valence-electron chi connectivity index (χ2n) is 4.91. The molecule has 0 aromatic carbocycles. The van der Waals surface area contributed by atoms with E-state index in [2.05, 4.69) is 25.8 Å². The molecule has 0 spiro atoms. The number of urea groups is 1. The van der Waals surface area contributed by atoms with Gasteiger partial charge in [0.25, 0.3) is 0 Å². The molecule has 1 unspecified atom stereocenters. The lowest BCUT2D eigenvalue weighted by Gasteiger charge is -2.17. The van der Waals surface area contributed by atoms with E-state index in [1.807, 2.05) is 24.6 Å². The number of aromatic nitrogens is 4. The maximum Gasteiger partial charge on any atom is 0.321 e.